The molecule has 3 aromatic carbocycles. The van der Waals surface area contributed by atoms with Gasteiger partial charge in [0.15, 0.2) is 0 Å². The van der Waals surface area contributed by atoms with Gasteiger partial charge in [-0.25, -0.2) is 0 Å². The summed E-state index contributed by atoms with van der Waals surface area (Å²) in [5.74, 6) is 0. The Kier molecular flexibility index (Phi) is 7.00. The van der Waals surface area contributed by atoms with Crippen LogP contribution in [0.3, 0.4) is 0 Å². The van der Waals surface area contributed by atoms with Crippen LogP contribution in [0.15, 0.2) is 94.7 Å². The summed E-state index contributed by atoms with van der Waals surface area (Å²) in [5.41, 5.74) is 1.37. The normalized spacial score (nSPS) is 10.7. The van der Waals surface area contributed by atoms with E-state index in [-0.39, 0.29) is 0 Å². The van der Waals surface area contributed by atoms with Crippen molar-refractivity contribution in [3.63, 3.8) is 0 Å². The molecule has 122 valence electrons. The minimum absolute atomic E-state index is 0.562. The Bertz CT molecular complexity index is 731. The van der Waals surface area contributed by atoms with Crippen molar-refractivity contribution in [2.24, 2.45) is 0 Å². The molecule has 0 amide bonds. The van der Waals surface area contributed by atoms with Gasteiger partial charge in [0.2, 0.25) is 0 Å². The first-order valence-electron chi connectivity index (χ1n) is 8.11. The fraction of sp³-hybridized carbons (Fsp3) is 0.143. The van der Waals surface area contributed by atoms with Crippen LogP contribution in [0.5, 0.6) is 0 Å². The van der Waals surface area contributed by atoms with E-state index in [9.17, 15) is 0 Å². The maximum atomic E-state index is 3.60. The molecule has 0 unspecified atom stereocenters. The van der Waals surface area contributed by atoms with Crippen molar-refractivity contribution in [2.45, 2.75) is 21.7 Å². The van der Waals surface area contributed by atoms with Crippen molar-refractivity contribution >= 4 is 31.2 Å². The first-order valence-corrected chi connectivity index (χ1v) is 11.0. The molecule has 1 nitrogen and oxygen atoms in total. The van der Waals surface area contributed by atoms with Gasteiger partial charge in [0.1, 0.15) is 0 Å². The number of nitrogens with one attached hydrogen (secondary N) is 1. The monoisotopic (exact) mass is 399 g/mol. The zero-order chi connectivity index (χ0) is 16.5. The average molecular weight is 398 g/mol. The Balaban J connectivity index is 1.48. The summed E-state index contributed by atoms with van der Waals surface area (Å²) in [6.45, 7) is 2.00. The van der Waals surface area contributed by atoms with Gasteiger partial charge in [0.05, 0.1) is 0 Å². The molecule has 0 radical (unpaired) electrons. The molecule has 0 atom stereocenters. The van der Waals surface area contributed by atoms with Gasteiger partial charge in [-0.15, -0.1) is 0 Å². The van der Waals surface area contributed by atoms with E-state index in [0.29, 0.717) is 15.0 Å². The Morgan fingerprint density at radius 2 is 1.42 bits per heavy atom. The van der Waals surface area contributed by atoms with Crippen molar-refractivity contribution < 1.29 is 0 Å². The first kappa shape index (κ1) is 17.3. The molecule has 0 spiro atoms. The Morgan fingerprint density at radius 1 is 0.750 bits per heavy atom. The van der Waals surface area contributed by atoms with Crippen molar-refractivity contribution in [3.05, 3.63) is 90.5 Å². The van der Waals surface area contributed by atoms with Gasteiger partial charge < -0.3 is 0 Å². The van der Waals surface area contributed by atoms with Gasteiger partial charge in [-0.2, -0.15) is 0 Å². The molecule has 24 heavy (non-hydrogen) atoms. The topological polar surface area (TPSA) is 12.0 Å². The molecule has 0 bridgehead atoms. The van der Waals surface area contributed by atoms with Crippen LogP contribution in [0.25, 0.3) is 0 Å². The zero-order valence-electron chi connectivity index (χ0n) is 13.5. The minimum atomic E-state index is 0.562. The molecular weight excluding hydrogens is 377 g/mol. The summed E-state index contributed by atoms with van der Waals surface area (Å²) in [4.78, 5) is 2.63. The van der Waals surface area contributed by atoms with Gasteiger partial charge in [-0.3, -0.25) is 0 Å². The molecule has 0 aliphatic rings. The van der Waals surface area contributed by atoms with E-state index in [4.69, 9.17) is 0 Å². The summed E-state index contributed by atoms with van der Waals surface area (Å²) in [6.07, 6.45) is 0. The van der Waals surface area contributed by atoms with Crippen LogP contribution < -0.4 is 9.78 Å². The van der Waals surface area contributed by atoms with E-state index in [1.54, 1.807) is 0 Å². The maximum absolute atomic E-state index is 3.60. The molecule has 3 heteroatoms. The van der Waals surface area contributed by atoms with E-state index >= 15 is 0 Å². The number of rotatable bonds is 8. The van der Waals surface area contributed by atoms with E-state index in [1.165, 1.54) is 25.1 Å². The molecule has 0 aromatic heterocycles. The van der Waals surface area contributed by atoms with Gasteiger partial charge in [0.25, 0.3) is 0 Å². The fourth-order valence-corrected chi connectivity index (χ4v) is 5.06. The summed E-state index contributed by atoms with van der Waals surface area (Å²) in [6, 6.07) is 30.0. The van der Waals surface area contributed by atoms with Crippen LogP contribution in [-0.2, 0) is 6.54 Å². The van der Waals surface area contributed by atoms with E-state index in [1.807, 2.05) is 11.8 Å². The van der Waals surface area contributed by atoms with Crippen LogP contribution in [0, 0.1) is 0 Å². The summed E-state index contributed by atoms with van der Waals surface area (Å²) < 4.78 is 1.48. The molecule has 0 saturated heterocycles. The molecule has 0 saturated carbocycles. The van der Waals surface area contributed by atoms with Crippen molar-refractivity contribution in [2.75, 3.05) is 6.54 Å². The van der Waals surface area contributed by atoms with Crippen LogP contribution in [0.1, 0.15) is 5.56 Å². The molecule has 1 N–H and O–H groups in total. The van der Waals surface area contributed by atoms with Crippen LogP contribution >= 0.6 is 11.8 Å². The van der Waals surface area contributed by atoms with Crippen LogP contribution in [-0.4, -0.2) is 21.5 Å². The van der Waals surface area contributed by atoms with E-state index in [2.05, 4.69) is 90.2 Å². The second-order valence-electron chi connectivity index (χ2n) is 5.36. The first-order chi connectivity index (χ1) is 11.9. The Labute approximate surface area is 155 Å². The quantitative estimate of drug-likeness (QED) is 0.447. The number of hydrogen-bond donors (Lipinski definition) is 1. The summed E-state index contributed by atoms with van der Waals surface area (Å²) >= 11 is 2.40. The van der Waals surface area contributed by atoms with Gasteiger partial charge in [-0.05, 0) is 0 Å². The molecule has 0 fully saturated rings. The second-order valence-corrected chi connectivity index (χ2v) is 8.93. The third kappa shape index (κ3) is 5.54. The molecule has 0 aliphatic heterocycles. The van der Waals surface area contributed by atoms with E-state index in [0.717, 1.165) is 13.1 Å². The van der Waals surface area contributed by atoms with Gasteiger partial charge >= 0.3 is 155 Å². The van der Waals surface area contributed by atoms with Crippen molar-refractivity contribution in [1.82, 2.24) is 5.32 Å². The predicted molar refractivity (Wildman–Crippen MR) is 105 cm³/mol. The van der Waals surface area contributed by atoms with Gasteiger partial charge in [0, 0.05) is 0 Å². The Hall–Kier alpha value is -1.51. The zero-order valence-corrected chi connectivity index (χ0v) is 16.1. The molecule has 0 aliphatic carbocycles. The molecule has 3 rings (SSSR count). The van der Waals surface area contributed by atoms with E-state index < -0.39 is 0 Å². The average Bonchev–Trinajstić information content (AvgIpc) is 2.64. The van der Waals surface area contributed by atoms with Gasteiger partial charge in [-0.1, -0.05) is 0 Å². The second kappa shape index (κ2) is 9.70. The standard InChI is InChI=1S/C21H21NSSe/c1-3-10-19(11-4-1)23-21-14-8-7-9-18(21)17-22-15-16-24-20-12-5-2-6-13-20/h1-14,22H,15-17H2. The van der Waals surface area contributed by atoms with Crippen LogP contribution in [0.4, 0.5) is 0 Å². The number of benzene rings is 3. The molecule has 0 heterocycles. The van der Waals surface area contributed by atoms with Crippen molar-refractivity contribution in [3.8, 4) is 0 Å². The molecular formula is C21H21NSSe. The molecule has 3 aromatic rings. The fourth-order valence-electron chi connectivity index (χ4n) is 2.35. The van der Waals surface area contributed by atoms with Crippen LogP contribution in [0.2, 0.25) is 5.32 Å². The third-order valence-corrected chi connectivity index (χ3v) is 6.80. The predicted octanol–water partition coefficient (Wildman–Crippen LogP) is 4.38. The number of hydrogen-bond acceptors (Lipinski definition) is 2. The summed E-state index contributed by atoms with van der Waals surface area (Å²) in [5, 5.41) is 4.83. The van der Waals surface area contributed by atoms with Crippen molar-refractivity contribution in [1.29, 1.82) is 0 Å². The third-order valence-electron chi connectivity index (χ3n) is 3.55. The Morgan fingerprint density at radius 3 is 2.21 bits per heavy atom. The summed E-state index contributed by atoms with van der Waals surface area (Å²) in [7, 11) is 0. The SMILES string of the molecule is c1ccc(Sc2ccccc2CNCC[Se]c2ccccc2)cc1.